The average Bonchev–Trinajstić information content (AvgIpc) is 2.55. The van der Waals surface area contributed by atoms with Gasteiger partial charge in [-0.25, -0.2) is 4.98 Å². The first kappa shape index (κ1) is 16.4. The van der Waals surface area contributed by atoms with Gasteiger partial charge in [-0.1, -0.05) is 19.1 Å². The minimum atomic E-state index is -0.773. The highest BCUT2D eigenvalue weighted by Crippen LogP contribution is 2.29. The van der Waals surface area contributed by atoms with Gasteiger partial charge >= 0.3 is 5.97 Å². The number of rotatable bonds is 7. The molecule has 1 aliphatic rings. The predicted molar refractivity (Wildman–Crippen MR) is 94.4 cm³/mol. The summed E-state index contributed by atoms with van der Waals surface area (Å²) in [6.45, 7) is 2.85. The number of carboxylic acids is 1. The van der Waals surface area contributed by atoms with Crippen LogP contribution in [-0.4, -0.2) is 58.2 Å². The lowest BCUT2D eigenvalue weighted by Crippen LogP contribution is -2.51. The van der Waals surface area contributed by atoms with E-state index in [1.807, 2.05) is 43.1 Å². The van der Waals surface area contributed by atoms with Crippen molar-refractivity contribution in [1.82, 2.24) is 14.9 Å². The van der Waals surface area contributed by atoms with Gasteiger partial charge in [0.1, 0.15) is 5.82 Å². The highest BCUT2D eigenvalue weighted by atomic mass is 16.4. The number of carbonyl (C=O) groups is 1. The Bertz CT molecular complexity index is 730. The Kier molecular flexibility index (Phi) is 4.80. The van der Waals surface area contributed by atoms with Gasteiger partial charge in [0, 0.05) is 24.5 Å². The van der Waals surface area contributed by atoms with Crippen LogP contribution in [0.25, 0.3) is 10.9 Å². The van der Waals surface area contributed by atoms with Crippen molar-refractivity contribution in [2.45, 2.75) is 31.8 Å². The number of anilines is 2. The summed E-state index contributed by atoms with van der Waals surface area (Å²) in [4.78, 5) is 22.0. The van der Waals surface area contributed by atoms with Crippen molar-refractivity contribution in [2.75, 3.05) is 30.8 Å². The molecule has 0 aliphatic heterocycles. The van der Waals surface area contributed by atoms with E-state index in [4.69, 9.17) is 5.11 Å². The number of nitrogens with zero attached hydrogens (tertiary/aromatic N) is 3. The lowest BCUT2D eigenvalue weighted by molar-refractivity contribution is -0.139. The van der Waals surface area contributed by atoms with Gasteiger partial charge < -0.3 is 15.7 Å². The molecular weight excluding hydrogens is 306 g/mol. The second-order valence-corrected chi connectivity index (χ2v) is 6.09. The van der Waals surface area contributed by atoms with E-state index in [0.29, 0.717) is 12.0 Å². The maximum atomic E-state index is 10.9. The first-order valence-corrected chi connectivity index (χ1v) is 8.27. The average molecular weight is 329 g/mol. The first-order valence-electron chi connectivity index (χ1n) is 8.27. The number of hydrogen-bond acceptors (Lipinski definition) is 6. The van der Waals surface area contributed by atoms with Crippen LogP contribution in [0.1, 0.15) is 19.8 Å². The smallest absolute Gasteiger partial charge is 0.317 e. The molecular formula is C17H23N5O2. The third kappa shape index (κ3) is 3.41. The van der Waals surface area contributed by atoms with Crippen molar-refractivity contribution in [3.63, 3.8) is 0 Å². The van der Waals surface area contributed by atoms with Crippen molar-refractivity contribution in [2.24, 2.45) is 0 Å². The molecule has 1 heterocycles. The summed E-state index contributed by atoms with van der Waals surface area (Å²) >= 11 is 0. The highest BCUT2D eigenvalue weighted by Gasteiger charge is 2.34. The van der Waals surface area contributed by atoms with Gasteiger partial charge in [-0.05, 0) is 31.5 Å². The summed E-state index contributed by atoms with van der Waals surface area (Å²) in [7, 11) is 1.85. The molecule has 0 atom stereocenters. The number of hydrogen-bond donors (Lipinski definition) is 3. The Morgan fingerprint density at radius 1 is 1.33 bits per heavy atom. The zero-order chi connectivity index (χ0) is 17.1. The molecule has 1 aromatic heterocycles. The molecule has 0 radical (unpaired) electrons. The van der Waals surface area contributed by atoms with Gasteiger partial charge in [0.15, 0.2) is 0 Å². The molecule has 7 heteroatoms. The zero-order valence-corrected chi connectivity index (χ0v) is 14.0. The van der Waals surface area contributed by atoms with Gasteiger partial charge in [-0.3, -0.25) is 9.69 Å². The molecule has 3 N–H and O–H groups in total. The summed E-state index contributed by atoms with van der Waals surface area (Å²) in [5.41, 5.74) is 0.899. The van der Waals surface area contributed by atoms with Crippen molar-refractivity contribution in [1.29, 1.82) is 0 Å². The van der Waals surface area contributed by atoms with E-state index in [0.717, 1.165) is 36.1 Å². The Morgan fingerprint density at radius 2 is 2.08 bits per heavy atom. The fourth-order valence-electron chi connectivity index (χ4n) is 3.19. The molecule has 1 aromatic carbocycles. The first-order chi connectivity index (χ1) is 11.6. The maximum Gasteiger partial charge on any atom is 0.317 e. The third-order valence-corrected chi connectivity index (χ3v) is 4.55. The lowest BCUT2D eigenvalue weighted by Gasteiger charge is -2.42. The van der Waals surface area contributed by atoms with Crippen molar-refractivity contribution >= 4 is 28.6 Å². The molecule has 0 saturated heterocycles. The normalized spacial score (nSPS) is 20.0. The Labute approximate surface area is 141 Å². The van der Waals surface area contributed by atoms with Gasteiger partial charge in [0.25, 0.3) is 0 Å². The molecule has 24 heavy (non-hydrogen) atoms. The molecule has 1 saturated carbocycles. The summed E-state index contributed by atoms with van der Waals surface area (Å²) in [6, 6.07) is 8.49. The number of fused-ring (bicyclic) bond motifs is 1. The SMILES string of the molecule is CCN(CC(=O)O)C1CC(Nc2nc(NC)c3ccccc3n2)C1. The van der Waals surface area contributed by atoms with E-state index in [2.05, 4.69) is 20.6 Å². The van der Waals surface area contributed by atoms with Crippen LogP contribution in [0.4, 0.5) is 11.8 Å². The number of benzene rings is 1. The molecule has 128 valence electrons. The molecule has 3 rings (SSSR count). The topological polar surface area (TPSA) is 90.4 Å². The largest absolute Gasteiger partial charge is 0.480 e. The van der Waals surface area contributed by atoms with Crippen molar-refractivity contribution < 1.29 is 9.90 Å². The number of aromatic nitrogens is 2. The Hall–Kier alpha value is -2.41. The van der Waals surface area contributed by atoms with Crippen LogP contribution in [0.2, 0.25) is 0 Å². The minimum absolute atomic E-state index is 0.101. The molecule has 0 unspecified atom stereocenters. The van der Waals surface area contributed by atoms with Crippen LogP contribution in [-0.2, 0) is 4.79 Å². The van der Waals surface area contributed by atoms with Gasteiger partial charge in [0.05, 0.1) is 12.1 Å². The molecule has 1 fully saturated rings. The molecule has 2 aromatic rings. The third-order valence-electron chi connectivity index (χ3n) is 4.55. The molecule has 7 nitrogen and oxygen atoms in total. The number of aliphatic carboxylic acids is 1. The monoisotopic (exact) mass is 329 g/mol. The Balaban J connectivity index is 1.66. The standard InChI is InChI=1S/C17H23N5O2/c1-3-22(10-15(23)24)12-8-11(9-12)19-17-20-14-7-5-4-6-13(14)16(18-2)21-17/h4-7,11-12H,3,8-10H2,1-2H3,(H,23,24)(H2,18,19,20,21). The summed E-state index contributed by atoms with van der Waals surface area (Å²) < 4.78 is 0. The minimum Gasteiger partial charge on any atom is -0.480 e. The van der Waals surface area contributed by atoms with Crippen molar-refractivity contribution in [3.05, 3.63) is 24.3 Å². The number of nitrogens with one attached hydrogen (secondary N) is 2. The van der Waals surface area contributed by atoms with E-state index in [9.17, 15) is 4.79 Å². The highest BCUT2D eigenvalue weighted by molar-refractivity contribution is 5.89. The summed E-state index contributed by atoms with van der Waals surface area (Å²) in [6.07, 6.45) is 1.82. The van der Waals surface area contributed by atoms with Crippen LogP contribution in [0.3, 0.4) is 0 Å². The van der Waals surface area contributed by atoms with Crippen molar-refractivity contribution in [3.8, 4) is 0 Å². The predicted octanol–water partition coefficient (Wildman–Crippen LogP) is 2.02. The van der Waals surface area contributed by atoms with Gasteiger partial charge in [-0.2, -0.15) is 4.98 Å². The molecule has 0 amide bonds. The molecule has 1 aliphatic carbocycles. The van der Waals surface area contributed by atoms with E-state index in [1.165, 1.54) is 0 Å². The maximum absolute atomic E-state index is 10.9. The van der Waals surface area contributed by atoms with Gasteiger partial charge in [-0.15, -0.1) is 0 Å². The van der Waals surface area contributed by atoms with Crippen LogP contribution in [0.5, 0.6) is 0 Å². The molecule has 0 spiro atoms. The second-order valence-electron chi connectivity index (χ2n) is 6.09. The fourth-order valence-corrected chi connectivity index (χ4v) is 3.19. The number of likely N-dealkylation sites (N-methyl/N-ethyl adjacent to an activating group) is 1. The summed E-state index contributed by atoms with van der Waals surface area (Å²) in [5.74, 6) is 0.646. The van der Waals surface area contributed by atoms with E-state index in [1.54, 1.807) is 0 Å². The van der Waals surface area contributed by atoms with Crippen LogP contribution in [0, 0.1) is 0 Å². The quantitative estimate of drug-likeness (QED) is 0.716. The number of carboxylic acid groups (broad SMARTS) is 1. The van der Waals surface area contributed by atoms with E-state index >= 15 is 0 Å². The number of para-hydroxylation sites is 1. The second kappa shape index (κ2) is 7.00. The van der Waals surface area contributed by atoms with Crippen LogP contribution >= 0.6 is 0 Å². The zero-order valence-electron chi connectivity index (χ0n) is 14.0. The van der Waals surface area contributed by atoms with E-state index in [-0.39, 0.29) is 12.6 Å². The van der Waals surface area contributed by atoms with Crippen LogP contribution < -0.4 is 10.6 Å². The summed E-state index contributed by atoms with van der Waals surface area (Å²) in [5, 5.41) is 16.4. The van der Waals surface area contributed by atoms with Gasteiger partial charge in [0.2, 0.25) is 5.95 Å². The molecule has 0 bridgehead atoms. The Morgan fingerprint density at radius 3 is 2.75 bits per heavy atom. The van der Waals surface area contributed by atoms with Crippen LogP contribution in [0.15, 0.2) is 24.3 Å². The fraction of sp³-hybridized carbons (Fsp3) is 0.471. The van der Waals surface area contributed by atoms with E-state index < -0.39 is 5.97 Å². The lowest BCUT2D eigenvalue weighted by atomic mass is 9.85.